The number of rotatable bonds is 5. The van der Waals surface area contributed by atoms with Crippen LogP contribution < -0.4 is 0 Å². The Labute approximate surface area is 78.8 Å². The molecule has 6 nitrogen and oxygen atoms in total. The average Bonchev–Trinajstić information content (AvgIpc) is 2.02. The fraction of sp³-hybridized carbons (Fsp3) is 0.125. The first-order valence-corrected chi connectivity index (χ1v) is 3.49. The van der Waals surface area contributed by atoms with Gasteiger partial charge in [0.1, 0.15) is 0 Å². The van der Waals surface area contributed by atoms with E-state index in [1.807, 2.05) is 0 Å². The smallest absolute Gasteiger partial charge is 0.335 e. The molecule has 0 unspecified atom stereocenters. The van der Waals surface area contributed by atoms with Gasteiger partial charge >= 0.3 is 17.9 Å². The summed E-state index contributed by atoms with van der Waals surface area (Å²) in [6.07, 6.45) is 1.91. The van der Waals surface area contributed by atoms with Crippen LogP contribution in [0.25, 0.3) is 0 Å². The highest BCUT2D eigenvalue weighted by Crippen LogP contribution is 1.99. The molecule has 0 amide bonds. The van der Waals surface area contributed by atoms with Crippen LogP contribution in [-0.2, 0) is 14.4 Å². The summed E-state index contributed by atoms with van der Waals surface area (Å²) in [7, 11) is 0. The van der Waals surface area contributed by atoms with Gasteiger partial charge in [-0.25, -0.2) is 9.59 Å². The zero-order chi connectivity index (χ0) is 11.1. The molecule has 0 aliphatic rings. The van der Waals surface area contributed by atoms with E-state index >= 15 is 0 Å². The molecule has 6 heteroatoms. The fourth-order valence-electron chi connectivity index (χ4n) is 0.585. The minimum absolute atomic E-state index is 0.366. The van der Waals surface area contributed by atoms with Crippen LogP contribution in [0.1, 0.15) is 6.42 Å². The van der Waals surface area contributed by atoms with Crippen molar-refractivity contribution in [2.24, 2.45) is 0 Å². The third-order valence-electron chi connectivity index (χ3n) is 1.15. The minimum Gasteiger partial charge on any atom is -0.481 e. The summed E-state index contributed by atoms with van der Waals surface area (Å²) in [5, 5.41) is 24.9. The van der Waals surface area contributed by atoms with Crippen molar-refractivity contribution in [3.8, 4) is 0 Å². The number of carboxylic acid groups (broad SMARTS) is 3. The molecule has 0 rings (SSSR count). The maximum atomic E-state index is 10.4. The van der Waals surface area contributed by atoms with E-state index in [1.54, 1.807) is 0 Å². The molecule has 0 aromatic rings. The summed E-state index contributed by atoms with van der Waals surface area (Å²) in [5.74, 6) is -3.86. The molecule has 0 bridgehead atoms. The Hall–Kier alpha value is -2.11. The summed E-state index contributed by atoms with van der Waals surface area (Å²) in [5.41, 5.74) is -0.366. The summed E-state index contributed by atoms with van der Waals surface area (Å²) >= 11 is 0. The summed E-state index contributed by atoms with van der Waals surface area (Å²) in [6, 6.07) is 0. The van der Waals surface area contributed by atoms with E-state index in [1.165, 1.54) is 0 Å². The van der Waals surface area contributed by atoms with Crippen molar-refractivity contribution < 1.29 is 29.7 Å². The minimum atomic E-state index is -1.37. The molecular weight excluding hydrogens is 192 g/mol. The summed E-state index contributed by atoms with van der Waals surface area (Å²) in [4.78, 5) is 30.5. The molecule has 0 atom stereocenters. The van der Waals surface area contributed by atoms with Crippen LogP contribution >= 0.6 is 0 Å². The van der Waals surface area contributed by atoms with E-state index in [2.05, 4.69) is 0 Å². The van der Waals surface area contributed by atoms with Gasteiger partial charge in [0, 0.05) is 6.08 Å². The van der Waals surface area contributed by atoms with Crippen molar-refractivity contribution >= 4 is 17.9 Å². The van der Waals surface area contributed by atoms with E-state index in [0.717, 1.165) is 12.2 Å². The van der Waals surface area contributed by atoms with Gasteiger partial charge in [-0.05, 0) is 6.08 Å². The number of hydrogen-bond donors (Lipinski definition) is 3. The zero-order valence-corrected chi connectivity index (χ0v) is 7.01. The Morgan fingerprint density at radius 1 is 1.00 bits per heavy atom. The molecular formula is C8H8O6. The molecule has 14 heavy (non-hydrogen) atoms. The molecule has 0 aliphatic carbocycles. The van der Waals surface area contributed by atoms with Gasteiger partial charge in [-0.3, -0.25) is 4.79 Å². The Kier molecular flexibility index (Phi) is 4.69. The number of carbonyl (C=O) groups is 3. The van der Waals surface area contributed by atoms with Gasteiger partial charge in [0.2, 0.25) is 0 Å². The Morgan fingerprint density at radius 3 is 1.93 bits per heavy atom. The molecule has 76 valence electrons. The molecule has 0 heterocycles. The lowest BCUT2D eigenvalue weighted by atomic mass is 10.2. The molecule has 0 saturated heterocycles. The Morgan fingerprint density at radius 2 is 1.57 bits per heavy atom. The van der Waals surface area contributed by atoms with Gasteiger partial charge in [0.05, 0.1) is 12.0 Å². The van der Waals surface area contributed by atoms with Gasteiger partial charge in [-0.2, -0.15) is 0 Å². The van der Waals surface area contributed by atoms with Crippen LogP contribution in [0.2, 0.25) is 0 Å². The predicted octanol–water partition coefficient (Wildman–Crippen LogP) is 0.113. The second-order valence-corrected chi connectivity index (χ2v) is 2.23. The lowest BCUT2D eigenvalue weighted by Crippen LogP contribution is -2.01. The van der Waals surface area contributed by atoms with Gasteiger partial charge in [-0.1, -0.05) is 6.08 Å². The van der Waals surface area contributed by atoms with Gasteiger partial charge in [0.25, 0.3) is 0 Å². The highest BCUT2D eigenvalue weighted by Gasteiger charge is 2.04. The molecule has 0 spiro atoms. The average molecular weight is 200 g/mol. The van der Waals surface area contributed by atoms with Crippen LogP contribution in [0.3, 0.4) is 0 Å². The van der Waals surface area contributed by atoms with Crippen molar-refractivity contribution in [1.29, 1.82) is 0 Å². The summed E-state index contributed by atoms with van der Waals surface area (Å²) < 4.78 is 0. The maximum absolute atomic E-state index is 10.4. The molecule has 0 fully saturated rings. The highest BCUT2D eigenvalue weighted by molar-refractivity contribution is 5.92. The lowest BCUT2D eigenvalue weighted by molar-refractivity contribution is -0.136. The first-order chi connectivity index (χ1) is 6.43. The van der Waals surface area contributed by atoms with E-state index < -0.39 is 24.3 Å². The van der Waals surface area contributed by atoms with Crippen molar-refractivity contribution in [1.82, 2.24) is 0 Å². The van der Waals surface area contributed by atoms with E-state index in [0.29, 0.717) is 6.08 Å². The molecule has 0 radical (unpaired) electrons. The SMILES string of the molecule is O=C(O)/C=C/C(=C\CC(=O)O)C(=O)O. The number of aliphatic carboxylic acids is 3. The van der Waals surface area contributed by atoms with Crippen LogP contribution in [0.15, 0.2) is 23.8 Å². The van der Waals surface area contributed by atoms with Gasteiger partial charge in [0.15, 0.2) is 0 Å². The molecule has 0 aliphatic heterocycles. The van der Waals surface area contributed by atoms with Crippen molar-refractivity contribution in [3.05, 3.63) is 23.8 Å². The first-order valence-electron chi connectivity index (χ1n) is 3.49. The third kappa shape index (κ3) is 5.53. The van der Waals surface area contributed by atoms with Crippen LogP contribution in [0.5, 0.6) is 0 Å². The second-order valence-electron chi connectivity index (χ2n) is 2.23. The first kappa shape index (κ1) is 11.9. The standard InChI is InChI=1S/C8H8O6/c9-6(10)3-1-5(8(13)14)2-4-7(11)12/h1-3H,4H2,(H,9,10)(H,11,12)(H,13,14)/b3-1+,5-2+. The van der Waals surface area contributed by atoms with Crippen LogP contribution in [0, 0.1) is 0 Å². The lowest BCUT2D eigenvalue weighted by Gasteiger charge is -1.92. The summed E-state index contributed by atoms with van der Waals surface area (Å²) in [6.45, 7) is 0. The molecule has 3 N–H and O–H groups in total. The van der Waals surface area contributed by atoms with E-state index in [-0.39, 0.29) is 5.57 Å². The second kappa shape index (κ2) is 5.52. The van der Waals surface area contributed by atoms with Gasteiger partial charge < -0.3 is 15.3 Å². The van der Waals surface area contributed by atoms with Gasteiger partial charge in [-0.15, -0.1) is 0 Å². The fourth-order valence-corrected chi connectivity index (χ4v) is 0.585. The molecule has 0 aromatic carbocycles. The largest absolute Gasteiger partial charge is 0.481 e. The third-order valence-corrected chi connectivity index (χ3v) is 1.15. The number of carboxylic acids is 3. The maximum Gasteiger partial charge on any atom is 0.335 e. The number of hydrogen-bond acceptors (Lipinski definition) is 3. The van der Waals surface area contributed by atoms with Crippen LogP contribution in [-0.4, -0.2) is 33.2 Å². The van der Waals surface area contributed by atoms with Crippen molar-refractivity contribution in [2.75, 3.05) is 0 Å². The normalized spacial score (nSPS) is 11.6. The Bertz CT molecular complexity index is 312. The topological polar surface area (TPSA) is 112 Å². The monoisotopic (exact) mass is 200 g/mol. The molecule has 0 aromatic heterocycles. The molecule has 0 saturated carbocycles. The van der Waals surface area contributed by atoms with E-state index in [9.17, 15) is 14.4 Å². The van der Waals surface area contributed by atoms with Crippen molar-refractivity contribution in [3.63, 3.8) is 0 Å². The Balaban J connectivity index is 4.60. The predicted molar refractivity (Wildman–Crippen MR) is 44.7 cm³/mol. The quantitative estimate of drug-likeness (QED) is 0.429. The van der Waals surface area contributed by atoms with Crippen molar-refractivity contribution in [2.45, 2.75) is 6.42 Å². The van der Waals surface area contributed by atoms with Crippen LogP contribution in [0.4, 0.5) is 0 Å². The zero-order valence-electron chi connectivity index (χ0n) is 7.01. The van der Waals surface area contributed by atoms with E-state index in [4.69, 9.17) is 15.3 Å². The highest BCUT2D eigenvalue weighted by atomic mass is 16.4.